The van der Waals surface area contributed by atoms with Crippen LogP contribution >= 0.6 is 0 Å². The largest absolute Gasteiger partial charge is 1.00 e. The van der Waals surface area contributed by atoms with Gasteiger partial charge in [-0.3, -0.25) is 4.90 Å². The van der Waals surface area contributed by atoms with Crippen LogP contribution in [0.4, 0.5) is 23.7 Å². The Bertz CT molecular complexity index is 1280. The van der Waals surface area contributed by atoms with Gasteiger partial charge in [-0.15, -0.1) is 0 Å². The maximum Gasteiger partial charge on any atom is 0.415 e. The maximum absolute atomic E-state index is 13.9. The Morgan fingerprint density at radius 1 is 0.974 bits per heavy atom. The molecule has 208 valence electrons. The summed E-state index contributed by atoms with van der Waals surface area (Å²) in [7, 11) is 0. The number of aryl methyl sites for hydroxylation is 1. The van der Waals surface area contributed by atoms with E-state index in [2.05, 4.69) is 0 Å². The van der Waals surface area contributed by atoms with Gasteiger partial charge in [-0.25, -0.2) is 18.0 Å². The monoisotopic (exact) mass is 604 g/mol. The first-order chi connectivity index (χ1) is 18.3. The number of amides is 1. The quantitative estimate of drug-likeness (QED) is 0.371. The number of hydrogen-bond donors (Lipinski definition) is 0. The normalized spacial score (nSPS) is 21.6. The first-order valence-corrected chi connectivity index (χ1v) is 13.0. The lowest BCUT2D eigenvalue weighted by Gasteiger charge is -2.52. The molecule has 3 aliphatic rings. The number of carbonyl (C=O) groups is 1. The number of nitrogens with zero attached hydrogens (tertiary/aromatic N) is 2. The second kappa shape index (κ2) is 12.4. The van der Waals surface area contributed by atoms with E-state index in [0.717, 1.165) is 54.7 Å². The van der Waals surface area contributed by atoms with Crippen LogP contribution in [0.2, 0.25) is 0 Å². The molecule has 3 saturated heterocycles. The third-order valence-corrected chi connectivity index (χ3v) is 7.80. The van der Waals surface area contributed by atoms with Crippen LogP contribution < -0.4 is 26.6 Å². The number of ether oxygens (including phenoxy) is 2. The SMILES string of the molecule is Cc1cccc(N(Cc2ccc(F)c(F)c2)C(=O)O[C@H]2C[N+]3(CCOc4ccc(F)cc4)CCC2CC3)c1.[Br-]. The number of fused-ring (bicyclic) bond motifs is 3. The lowest BCUT2D eigenvalue weighted by molar-refractivity contribution is -0.946. The molecule has 9 heteroatoms. The van der Waals surface area contributed by atoms with Crippen LogP contribution in [0.15, 0.2) is 66.7 Å². The maximum atomic E-state index is 13.9. The number of anilines is 1. The van der Waals surface area contributed by atoms with Crippen LogP contribution in [0, 0.1) is 30.3 Å². The lowest BCUT2D eigenvalue weighted by atomic mass is 9.83. The van der Waals surface area contributed by atoms with Crippen LogP contribution in [0.25, 0.3) is 0 Å². The molecule has 5 nitrogen and oxygen atoms in total. The van der Waals surface area contributed by atoms with Gasteiger partial charge in [0.05, 0.1) is 19.6 Å². The van der Waals surface area contributed by atoms with Crippen molar-refractivity contribution in [3.05, 3.63) is 95.3 Å². The zero-order valence-corrected chi connectivity index (χ0v) is 23.4. The van der Waals surface area contributed by atoms with Crippen LogP contribution in [0.1, 0.15) is 24.0 Å². The van der Waals surface area contributed by atoms with E-state index >= 15 is 0 Å². The summed E-state index contributed by atoms with van der Waals surface area (Å²) >= 11 is 0. The lowest BCUT2D eigenvalue weighted by Crippen LogP contribution is -3.00. The van der Waals surface area contributed by atoms with Crippen LogP contribution in [-0.4, -0.2) is 49.5 Å². The highest BCUT2D eigenvalue weighted by Crippen LogP contribution is 2.36. The number of carbonyl (C=O) groups excluding carboxylic acids is 1. The van der Waals surface area contributed by atoms with Crippen molar-refractivity contribution < 1.29 is 48.9 Å². The number of piperidine rings is 3. The van der Waals surface area contributed by atoms with Gasteiger partial charge in [0.2, 0.25) is 0 Å². The number of rotatable bonds is 8. The minimum atomic E-state index is -0.952. The molecule has 6 rings (SSSR count). The summed E-state index contributed by atoms with van der Waals surface area (Å²) < 4.78 is 53.4. The van der Waals surface area contributed by atoms with Gasteiger partial charge in [-0.05, 0) is 66.6 Å². The summed E-state index contributed by atoms with van der Waals surface area (Å²) in [6.07, 6.45) is 1.18. The minimum Gasteiger partial charge on any atom is -1.00 e. The Balaban J connectivity index is 0.00000353. The summed E-state index contributed by atoms with van der Waals surface area (Å²) in [4.78, 5) is 15.0. The molecule has 0 aromatic heterocycles. The Kier molecular flexibility index (Phi) is 9.23. The van der Waals surface area contributed by atoms with Crippen molar-refractivity contribution in [2.75, 3.05) is 37.7 Å². The number of quaternary nitrogens is 1. The smallest absolute Gasteiger partial charge is 0.415 e. The Morgan fingerprint density at radius 2 is 1.72 bits per heavy atom. The molecule has 3 aromatic rings. The molecule has 39 heavy (non-hydrogen) atoms. The third-order valence-electron chi connectivity index (χ3n) is 7.80. The van der Waals surface area contributed by atoms with Crippen LogP contribution in [0.5, 0.6) is 5.75 Å². The zero-order chi connectivity index (χ0) is 26.7. The van der Waals surface area contributed by atoms with E-state index in [1.165, 1.54) is 23.1 Å². The Labute approximate surface area is 237 Å². The minimum absolute atomic E-state index is 0. The number of hydrogen-bond acceptors (Lipinski definition) is 3. The van der Waals surface area contributed by atoms with Gasteiger partial charge >= 0.3 is 6.09 Å². The highest BCUT2D eigenvalue weighted by atomic mass is 79.9. The molecule has 0 radical (unpaired) electrons. The van der Waals surface area contributed by atoms with Gasteiger partial charge < -0.3 is 30.9 Å². The third kappa shape index (κ3) is 6.94. The first kappa shape index (κ1) is 29.0. The molecule has 3 aliphatic heterocycles. The Morgan fingerprint density at radius 3 is 2.41 bits per heavy atom. The standard InChI is InChI=1S/C30H32F3N2O3.BrH/c1-21-3-2-4-25(17-21)34(19-22-5-10-27(32)28(33)18-22)30(36)38-29-20-35(13-11-23(29)12-14-35)15-16-37-26-8-6-24(31)7-9-26;/h2-10,17-18,23,29H,11-16,19-20H2,1H3;1H/q+1;/p-1/t23?,29-,35?;/m0./s1. The molecule has 0 unspecified atom stereocenters. The van der Waals surface area contributed by atoms with Gasteiger partial charge in [0, 0.05) is 24.4 Å². The summed E-state index contributed by atoms with van der Waals surface area (Å²) in [5, 5.41) is 0. The van der Waals surface area contributed by atoms with Crippen molar-refractivity contribution in [1.29, 1.82) is 0 Å². The van der Waals surface area contributed by atoms with E-state index in [9.17, 15) is 18.0 Å². The summed E-state index contributed by atoms with van der Waals surface area (Å²) in [6.45, 7) is 5.96. The molecular weight excluding hydrogens is 573 g/mol. The fourth-order valence-electron chi connectivity index (χ4n) is 5.63. The molecular formula is C30H32BrF3N2O3. The fraction of sp³-hybridized carbons (Fsp3) is 0.367. The van der Waals surface area contributed by atoms with Gasteiger partial charge in [-0.1, -0.05) is 18.2 Å². The van der Waals surface area contributed by atoms with Crippen LogP contribution in [-0.2, 0) is 11.3 Å². The average Bonchev–Trinajstić information content (AvgIpc) is 2.91. The number of benzene rings is 3. The topological polar surface area (TPSA) is 38.8 Å². The molecule has 0 N–H and O–H groups in total. The predicted molar refractivity (Wildman–Crippen MR) is 138 cm³/mol. The van der Waals surface area contributed by atoms with Crippen molar-refractivity contribution in [1.82, 2.24) is 0 Å². The molecule has 3 fully saturated rings. The second-order valence-corrected chi connectivity index (χ2v) is 10.4. The van der Waals surface area contributed by atoms with Crippen molar-refractivity contribution in [3.8, 4) is 5.75 Å². The van der Waals surface area contributed by atoms with E-state index in [4.69, 9.17) is 9.47 Å². The highest BCUT2D eigenvalue weighted by Gasteiger charge is 2.48. The van der Waals surface area contributed by atoms with Crippen molar-refractivity contribution in [2.24, 2.45) is 5.92 Å². The van der Waals surface area contributed by atoms with Gasteiger partial charge in [0.1, 0.15) is 31.3 Å². The van der Waals surface area contributed by atoms with E-state index < -0.39 is 17.7 Å². The van der Waals surface area contributed by atoms with E-state index in [-0.39, 0.29) is 35.4 Å². The molecule has 3 aromatic carbocycles. The summed E-state index contributed by atoms with van der Waals surface area (Å²) in [5.74, 6) is -1.26. The highest BCUT2D eigenvalue weighted by molar-refractivity contribution is 5.87. The zero-order valence-electron chi connectivity index (χ0n) is 21.8. The molecule has 3 heterocycles. The van der Waals surface area contributed by atoms with Crippen molar-refractivity contribution in [3.63, 3.8) is 0 Å². The van der Waals surface area contributed by atoms with Gasteiger partial charge in [0.25, 0.3) is 0 Å². The van der Waals surface area contributed by atoms with Crippen LogP contribution in [0.3, 0.4) is 0 Å². The van der Waals surface area contributed by atoms with E-state index in [1.807, 2.05) is 31.2 Å². The van der Waals surface area contributed by atoms with Gasteiger partial charge in [-0.2, -0.15) is 0 Å². The Hall–Kier alpha value is -3.04. The predicted octanol–water partition coefficient (Wildman–Crippen LogP) is 3.25. The molecule has 0 spiro atoms. The van der Waals surface area contributed by atoms with E-state index in [0.29, 0.717) is 36.1 Å². The molecule has 0 aliphatic carbocycles. The van der Waals surface area contributed by atoms with Crippen molar-refractivity contribution in [2.45, 2.75) is 32.4 Å². The molecule has 2 bridgehead atoms. The molecule has 1 amide bonds. The average molecular weight is 605 g/mol. The second-order valence-electron chi connectivity index (χ2n) is 10.4. The number of halogens is 4. The summed E-state index contributed by atoms with van der Waals surface area (Å²) in [6, 6.07) is 17.1. The van der Waals surface area contributed by atoms with Crippen molar-refractivity contribution >= 4 is 11.8 Å². The van der Waals surface area contributed by atoms with E-state index in [1.54, 1.807) is 12.1 Å². The fourth-order valence-corrected chi connectivity index (χ4v) is 5.63. The first-order valence-electron chi connectivity index (χ1n) is 13.0. The molecule has 0 saturated carbocycles. The molecule has 1 atom stereocenters. The van der Waals surface area contributed by atoms with Gasteiger partial charge in [0.15, 0.2) is 17.7 Å². The summed E-state index contributed by atoms with van der Waals surface area (Å²) in [5.41, 5.74) is 2.08.